The number of hydrogen-bond donors (Lipinski definition) is 3. The van der Waals surface area contributed by atoms with Crippen molar-refractivity contribution < 1.29 is 14.4 Å². The number of nitrogens with one attached hydrogen (secondary N) is 2. The van der Waals surface area contributed by atoms with Crippen molar-refractivity contribution in [2.75, 3.05) is 16.8 Å². The Labute approximate surface area is 234 Å². The summed E-state index contributed by atoms with van der Waals surface area (Å²) in [7, 11) is 0. The first-order chi connectivity index (χ1) is 19.3. The Morgan fingerprint density at radius 3 is 2.08 bits per heavy atom. The van der Waals surface area contributed by atoms with Crippen LogP contribution in [0.3, 0.4) is 0 Å². The van der Waals surface area contributed by atoms with Gasteiger partial charge in [-0.05, 0) is 49.6 Å². The summed E-state index contributed by atoms with van der Waals surface area (Å²) in [4.78, 5) is 43.1. The average molecular weight is 533 g/mol. The number of carbonyl (C=O) groups excluding carboxylic acids is 3. The molecule has 1 heterocycles. The molecule has 4 N–H and O–H groups in total. The van der Waals surface area contributed by atoms with Crippen LogP contribution in [0.1, 0.15) is 33.7 Å². The van der Waals surface area contributed by atoms with Gasteiger partial charge >= 0.3 is 6.03 Å². The fourth-order valence-corrected chi connectivity index (χ4v) is 5.42. The summed E-state index contributed by atoms with van der Waals surface area (Å²) in [5.41, 5.74) is 9.68. The molecule has 0 saturated heterocycles. The molecule has 40 heavy (non-hydrogen) atoms. The van der Waals surface area contributed by atoms with E-state index in [0.717, 1.165) is 16.7 Å². The third-order valence-electron chi connectivity index (χ3n) is 7.42. The van der Waals surface area contributed by atoms with Gasteiger partial charge in [0.05, 0.1) is 5.92 Å². The number of urea groups is 1. The number of carbonyl (C=O) groups is 3. The first-order valence-corrected chi connectivity index (χ1v) is 13.3. The van der Waals surface area contributed by atoms with Crippen LogP contribution >= 0.6 is 0 Å². The zero-order valence-electron chi connectivity index (χ0n) is 22.6. The maximum atomic E-state index is 14.6. The summed E-state index contributed by atoms with van der Waals surface area (Å²) in [6, 6.07) is 31.1. The largest absolute Gasteiger partial charge is 0.369 e. The van der Waals surface area contributed by atoms with Crippen LogP contribution in [0.5, 0.6) is 0 Å². The third-order valence-corrected chi connectivity index (χ3v) is 7.42. The molecule has 7 heteroatoms. The zero-order valence-corrected chi connectivity index (χ0v) is 22.6. The van der Waals surface area contributed by atoms with E-state index in [4.69, 9.17) is 5.73 Å². The van der Waals surface area contributed by atoms with E-state index in [1.54, 1.807) is 41.3 Å². The molecule has 7 nitrogen and oxygen atoms in total. The number of amides is 4. The molecule has 202 valence electrons. The fraction of sp³-hybridized carbons (Fsp3) is 0.182. The number of fused-ring (bicyclic) bond motifs is 1. The van der Waals surface area contributed by atoms with Gasteiger partial charge in [-0.15, -0.1) is 0 Å². The number of benzene rings is 4. The van der Waals surface area contributed by atoms with Crippen LogP contribution in [0.2, 0.25) is 0 Å². The highest BCUT2D eigenvalue weighted by Gasteiger charge is 2.59. The van der Waals surface area contributed by atoms with Crippen LogP contribution in [0, 0.1) is 13.8 Å². The third kappa shape index (κ3) is 5.06. The molecule has 0 bridgehead atoms. The quantitative estimate of drug-likeness (QED) is 0.291. The van der Waals surface area contributed by atoms with Crippen molar-refractivity contribution in [3.05, 3.63) is 131 Å². The fourth-order valence-electron chi connectivity index (χ4n) is 5.42. The predicted octanol–water partition coefficient (Wildman–Crippen LogP) is 5.18. The normalized spacial score (nSPS) is 16.8. The van der Waals surface area contributed by atoms with Crippen molar-refractivity contribution in [2.45, 2.75) is 31.7 Å². The van der Waals surface area contributed by atoms with Gasteiger partial charge in [0.25, 0.3) is 5.91 Å². The molecule has 0 aliphatic carbocycles. The topological polar surface area (TPSA) is 105 Å². The number of primary amides is 1. The summed E-state index contributed by atoms with van der Waals surface area (Å²) in [6.07, 6.45) is 0.596. The second kappa shape index (κ2) is 11.1. The van der Waals surface area contributed by atoms with E-state index in [9.17, 15) is 14.4 Å². The molecule has 4 aromatic rings. The summed E-state index contributed by atoms with van der Waals surface area (Å²) in [5, 5.41) is 5.77. The first kappa shape index (κ1) is 26.7. The predicted molar refractivity (Wildman–Crippen MR) is 157 cm³/mol. The van der Waals surface area contributed by atoms with Crippen molar-refractivity contribution in [3.63, 3.8) is 0 Å². The van der Waals surface area contributed by atoms with Gasteiger partial charge in [0.15, 0.2) is 5.54 Å². The van der Waals surface area contributed by atoms with Crippen molar-refractivity contribution in [1.82, 2.24) is 5.32 Å². The van der Waals surface area contributed by atoms with Crippen LogP contribution in [-0.4, -0.2) is 24.4 Å². The van der Waals surface area contributed by atoms with Crippen molar-refractivity contribution in [2.24, 2.45) is 5.73 Å². The number of rotatable bonds is 8. The molecule has 1 aliphatic rings. The van der Waals surface area contributed by atoms with E-state index in [1.165, 1.54) is 0 Å². The van der Waals surface area contributed by atoms with Crippen molar-refractivity contribution in [1.29, 1.82) is 0 Å². The SMILES string of the molecule is Cc1ccc(NC(=O)NC2(C(C(N)=O)c3ccc(C)cc3)C(=O)N(CCc3ccccc3)c3ccccc32)cc1. The Kier molecular flexibility index (Phi) is 7.38. The van der Waals surface area contributed by atoms with Gasteiger partial charge in [0.1, 0.15) is 0 Å². The molecule has 4 amide bonds. The van der Waals surface area contributed by atoms with Gasteiger partial charge in [-0.1, -0.05) is 96.1 Å². The van der Waals surface area contributed by atoms with E-state index < -0.39 is 29.3 Å². The Bertz CT molecular complexity index is 1530. The number of nitrogens with two attached hydrogens (primary N) is 1. The van der Waals surface area contributed by atoms with E-state index >= 15 is 0 Å². The molecular weight excluding hydrogens is 500 g/mol. The highest BCUT2D eigenvalue weighted by molar-refractivity contribution is 6.13. The second-order valence-electron chi connectivity index (χ2n) is 10.2. The molecule has 2 unspecified atom stereocenters. The number of anilines is 2. The number of nitrogens with zero attached hydrogens (tertiary/aromatic N) is 1. The summed E-state index contributed by atoms with van der Waals surface area (Å²) in [6.45, 7) is 4.26. The van der Waals surface area contributed by atoms with Crippen molar-refractivity contribution >= 4 is 29.2 Å². The van der Waals surface area contributed by atoms with Gasteiger partial charge in [0, 0.05) is 23.5 Å². The van der Waals surface area contributed by atoms with Gasteiger partial charge in [0.2, 0.25) is 5.91 Å². The smallest absolute Gasteiger partial charge is 0.320 e. The van der Waals surface area contributed by atoms with E-state index in [1.807, 2.05) is 80.6 Å². The second-order valence-corrected chi connectivity index (χ2v) is 10.2. The van der Waals surface area contributed by atoms with Gasteiger partial charge < -0.3 is 21.3 Å². The Balaban J connectivity index is 1.61. The maximum Gasteiger partial charge on any atom is 0.320 e. The summed E-state index contributed by atoms with van der Waals surface area (Å²) in [5.74, 6) is -2.28. The minimum atomic E-state index is -1.76. The lowest BCUT2D eigenvalue weighted by Crippen LogP contribution is -2.60. The van der Waals surface area contributed by atoms with Gasteiger partial charge in [-0.25, -0.2) is 4.79 Å². The molecule has 0 spiro atoms. The Morgan fingerprint density at radius 2 is 1.43 bits per heavy atom. The van der Waals surface area contributed by atoms with E-state index in [-0.39, 0.29) is 0 Å². The lowest BCUT2D eigenvalue weighted by molar-refractivity contribution is -0.130. The molecule has 5 rings (SSSR count). The highest BCUT2D eigenvalue weighted by Crippen LogP contribution is 2.48. The Hall–Kier alpha value is -4.91. The number of hydrogen-bond acceptors (Lipinski definition) is 3. The highest BCUT2D eigenvalue weighted by atomic mass is 16.2. The van der Waals surface area contributed by atoms with Crippen molar-refractivity contribution in [3.8, 4) is 0 Å². The number of para-hydroxylation sites is 1. The van der Waals surface area contributed by atoms with Crippen LogP contribution in [0.25, 0.3) is 0 Å². The van der Waals surface area contributed by atoms with Crippen LogP contribution in [-0.2, 0) is 21.5 Å². The number of aryl methyl sites for hydroxylation is 2. The van der Waals surface area contributed by atoms with Crippen LogP contribution < -0.4 is 21.3 Å². The molecule has 1 aliphatic heterocycles. The molecule has 0 radical (unpaired) electrons. The monoisotopic (exact) mass is 532 g/mol. The molecular formula is C33H32N4O3. The van der Waals surface area contributed by atoms with Crippen LogP contribution in [0.4, 0.5) is 16.2 Å². The average Bonchev–Trinajstić information content (AvgIpc) is 3.17. The lowest BCUT2D eigenvalue weighted by atomic mass is 9.74. The summed E-state index contributed by atoms with van der Waals surface area (Å²) >= 11 is 0. The lowest BCUT2D eigenvalue weighted by Gasteiger charge is -2.36. The van der Waals surface area contributed by atoms with E-state index in [2.05, 4.69) is 10.6 Å². The van der Waals surface area contributed by atoms with Gasteiger partial charge in [-0.2, -0.15) is 0 Å². The minimum absolute atomic E-state index is 0.363. The van der Waals surface area contributed by atoms with Gasteiger partial charge in [-0.3, -0.25) is 9.59 Å². The Morgan fingerprint density at radius 1 is 0.825 bits per heavy atom. The molecule has 0 saturated carbocycles. The molecule has 4 aromatic carbocycles. The minimum Gasteiger partial charge on any atom is -0.369 e. The maximum absolute atomic E-state index is 14.6. The van der Waals surface area contributed by atoms with Crippen LogP contribution in [0.15, 0.2) is 103 Å². The molecule has 0 fully saturated rings. The molecule has 2 atom stereocenters. The zero-order chi connectivity index (χ0) is 28.3. The summed E-state index contributed by atoms with van der Waals surface area (Å²) < 4.78 is 0. The van der Waals surface area contributed by atoms with E-state index in [0.29, 0.717) is 35.5 Å². The first-order valence-electron chi connectivity index (χ1n) is 13.3. The standard InChI is InChI=1S/C33H32N4O3/c1-22-12-16-25(17-13-22)29(30(34)38)33(36-32(40)35-26-18-14-23(2)15-19-26)27-10-6-7-11-28(27)37(31(33)39)21-20-24-8-4-3-5-9-24/h3-19,29H,20-21H2,1-2H3,(H2,34,38)(H2,35,36,40). The molecule has 0 aromatic heterocycles.